The zero-order valence-electron chi connectivity index (χ0n) is 10.6. The average Bonchev–Trinajstić information content (AvgIpc) is 2.99. The number of nitrogens with one attached hydrogen (secondary N) is 2. The Morgan fingerprint density at radius 1 is 1.50 bits per heavy atom. The van der Waals surface area contributed by atoms with Crippen LogP contribution in [0.1, 0.15) is 26.7 Å². The number of amides is 2. The van der Waals surface area contributed by atoms with Crippen LogP contribution >= 0.6 is 0 Å². The molecule has 2 N–H and O–H groups in total. The summed E-state index contributed by atoms with van der Waals surface area (Å²) in [5.74, 6) is -0.175. The molecule has 98 valence electrons. The first-order valence-electron chi connectivity index (χ1n) is 6.17. The van der Waals surface area contributed by atoms with E-state index in [-0.39, 0.29) is 24.3 Å². The number of carbonyl (C=O) groups excluding carboxylic acids is 2. The minimum atomic E-state index is -0.0773. The SMILES string of the molecule is CC(C)C(=O)Nc1cnn(CC(=O)NC2CC2)c1. The molecule has 1 fully saturated rings. The minimum Gasteiger partial charge on any atom is -0.352 e. The third-order valence-electron chi connectivity index (χ3n) is 2.67. The van der Waals surface area contributed by atoms with Gasteiger partial charge < -0.3 is 10.6 Å². The molecule has 1 aliphatic carbocycles. The summed E-state index contributed by atoms with van der Waals surface area (Å²) >= 11 is 0. The highest BCUT2D eigenvalue weighted by molar-refractivity contribution is 5.91. The molecular weight excluding hydrogens is 232 g/mol. The predicted molar refractivity (Wildman–Crippen MR) is 66.9 cm³/mol. The highest BCUT2D eigenvalue weighted by Crippen LogP contribution is 2.18. The van der Waals surface area contributed by atoms with Crippen molar-refractivity contribution in [2.45, 2.75) is 39.3 Å². The normalized spacial score (nSPS) is 14.6. The molecule has 1 heterocycles. The molecule has 2 rings (SSSR count). The lowest BCUT2D eigenvalue weighted by molar-refractivity contribution is -0.122. The van der Waals surface area contributed by atoms with E-state index in [9.17, 15) is 9.59 Å². The second-order valence-electron chi connectivity index (χ2n) is 4.91. The van der Waals surface area contributed by atoms with Crippen molar-refractivity contribution in [2.24, 2.45) is 5.92 Å². The molecule has 6 nitrogen and oxygen atoms in total. The van der Waals surface area contributed by atoms with Gasteiger partial charge >= 0.3 is 0 Å². The molecule has 1 aromatic heterocycles. The molecule has 2 amide bonds. The van der Waals surface area contributed by atoms with Gasteiger partial charge in [-0.1, -0.05) is 13.8 Å². The van der Waals surface area contributed by atoms with Gasteiger partial charge in [0.1, 0.15) is 6.54 Å². The Kier molecular flexibility index (Phi) is 3.64. The van der Waals surface area contributed by atoms with Crippen LogP contribution in [0.25, 0.3) is 0 Å². The van der Waals surface area contributed by atoms with Gasteiger partial charge in [-0.3, -0.25) is 14.3 Å². The number of carbonyl (C=O) groups is 2. The maximum Gasteiger partial charge on any atom is 0.241 e. The van der Waals surface area contributed by atoms with Crippen molar-refractivity contribution < 1.29 is 9.59 Å². The van der Waals surface area contributed by atoms with Crippen LogP contribution in [0.4, 0.5) is 5.69 Å². The Bertz CT molecular complexity index is 449. The number of aromatic nitrogens is 2. The van der Waals surface area contributed by atoms with Crippen molar-refractivity contribution in [3.05, 3.63) is 12.4 Å². The van der Waals surface area contributed by atoms with Crippen molar-refractivity contribution in [3.63, 3.8) is 0 Å². The van der Waals surface area contributed by atoms with Crippen LogP contribution in [0.15, 0.2) is 12.4 Å². The Labute approximate surface area is 106 Å². The fourth-order valence-electron chi connectivity index (χ4n) is 1.45. The highest BCUT2D eigenvalue weighted by atomic mass is 16.2. The second-order valence-corrected chi connectivity index (χ2v) is 4.91. The molecule has 0 spiro atoms. The molecule has 0 radical (unpaired) electrons. The summed E-state index contributed by atoms with van der Waals surface area (Å²) in [6, 6.07) is 0.355. The quantitative estimate of drug-likeness (QED) is 0.810. The Morgan fingerprint density at radius 2 is 2.22 bits per heavy atom. The van der Waals surface area contributed by atoms with Gasteiger partial charge in [-0.25, -0.2) is 0 Å². The van der Waals surface area contributed by atoms with E-state index in [4.69, 9.17) is 0 Å². The molecule has 1 saturated carbocycles. The zero-order chi connectivity index (χ0) is 13.1. The molecule has 0 bridgehead atoms. The molecule has 6 heteroatoms. The van der Waals surface area contributed by atoms with E-state index in [1.54, 1.807) is 12.4 Å². The van der Waals surface area contributed by atoms with Crippen LogP contribution in [0.5, 0.6) is 0 Å². The highest BCUT2D eigenvalue weighted by Gasteiger charge is 2.23. The van der Waals surface area contributed by atoms with E-state index < -0.39 is 0 Å². The first kappa shape index (κ1) is 12.6. The van der Waals surface area contributed by atoms with Gasteiger partial charge in [0.2, 0.25) is 11.8 Å². The summed E-state index contributed by atoms with van der Waals surface area (Å²) in [7, 11) is 0. The number of hydrogen-bond donors (Lipinski definition) is 2. The summed E-state index contributed by atoms with van der Waals surface area (Å²) < 4.78 is 1.52. The number of anilines is 1. The summed E-state index contributed by atoms with van der Waals surface area (Å²) in [6.07, 6.45) is 5.35. The summed E-state index contributed by atoms with van der Waals surface area (Å²) in [5.41, 5.74) is 0.618. The monoisotopic (exact) mass is 250 g/mol. The lowest BCUT2D eigenvalue weighted by Gasteiger charge is -2.04. The largest absolute Gasteiger partial charge is 0.352 e. The molecule has 0 aliphatic heterocycles. The van der Waals surface area contributed by atoms with Crippen LogP contribution in [-0.2, 0) is 16.1 Å². The lowest BCUT2D eigenvalue weighted by Crippen LogP contribution is -2.29. The average molecular weight is 250 g/mol. The van der Waals surface area contributed by atoms with Gasteiger partial charge in [-0.05, 0) is 12.8 Å². The van der Waals surface area contributed by atoms with E-state index in [0.29, 0.717) is 11.7 Å². The molecule has 0 atom stereocenters. The van der Waals surface area contributed by atoms with Crippen LogP contribution in [0.2, 0.25) is 0 Å². The molecular formula is C12H18N4O2. The lowest BCUT2D eigenvalue weighted by atomic mass is 10.2. The smallest absolute Gasteiger partial charge is 0.241 e. The second kappa shape index (κ2) is 5.20. The maximum absolute atomic E-state index is 11.5. The maximum atomic E-state index is 11.5. The summed E-state index contributed by atoms with van der Waals surface area (Å²) in [5, 5.41) is 9.65. The summed E-state index contributed by atoms with van der Waals surface area (Å²) in [4.78, 5) is 23.0. The summed E-state index contributed by atoms with van der Waals surface area (Å²) in [6.45, 7) is 3.83. The Balaban J connectivity index is 1.85. The van der Waals surface area contributed by atoms with E-state index in [1.165, 1.54) is 4.68 Å². The van der Waals surface area contributed by atoms with Crippen LogP contribution in [-0.4, -0.2) is 27.6 Å². The van der Waals surface area contributed by atoms with Crippen molar-refractivity contribution in [2.75, 3.05) is 5.32 Å². The van der Waals surface area contributed by atoms with Crippen LogP contribution in [0.3, 0.4) is 0 Å². The number of rotatable bonds is 5. The van der Waals surface area contributed by atoms with Crippen LogP contribution < -0.4 is 10.6 Å². The van der Waals surface area contributed by atoms with Gasteiger partial charge in [0, 0.05) is 18.2 Å². The van der Waals surface area contributed by atoms with Crippen molar-refractivity contribution in [1.29, 1.82) is 0 Å². The third-order valence-corrected chi connectivity index (χ3v) is 2.67. The zero-order valence-corrected chi connectivity index (χ0v) is 10.6. The fraction of sp³-hybridized carbons (Fsp3) is 0.583. The van der Waals surface area contributed by atoms with Crippen molar-refractivity contribution >= 4 is 17.5 Å². The predicted octanol–water partition coefficient (Wildman–Crippen LogP) is 0.756. The van der Waals surface area contributed by atoms with Gasteiger partial charge in [0.05, 0.1) is 11.9 Å². The molecule has 18 heavy (non-hydrogen) atoms. The Hall–Kier alpha value is -1.85. The van der Waals surface area contributed by atoms with Gasteiger partial charge in [0.15, 0.2) is 0 Å². The van der Waals surface area contributed by atoms with E-state index in [2.05, 4.69) is 15.7 Å². The molecule has 0 aromatic carbocycles. The van der Waals surface area contributed by atoms with E-state index in [1.807, 2.05) is 13.8 Å². The van der Waals surface area contributed by atoms with Crippen molar-refractivity contribution in [3.8, 4) is 0 Å². The first-order chi connectivity index (χ1) is 8.54. The number of hydrogen-bond acceptors (Lipinski definition) is 3. The van der Waals surface area contributed by atoms with E-state index in [0.717, 1.165) is 12.8 Å². The number of nitrogens with zero attached hydrogens (tertiary/aromatic N) is 2. The Morgan fingerprint density at radius 3 is 2.83 bits per heavy atom. The fourth-order valence-corrected chi connectivity index (χ4v) is 1.45. The van der Waals surface area contributed by atoms with Gasteiger partial charge in [-0.15, -0.1) is 0 Å². The van der Waals surface area contributed by atoms with Gasteiger partial charge in [0.25, 0.3) is 0 Å². The van der Waals surface area contributed by atoms with Crippen LogP contribution in [0, 0.1) is 5.92 Å². The minimum absolute atomic E-state index is 0.0395. The van der Waals surface area contributed by atoms with Crippen molar-refractivity contribution in [1.82, 2.24) is 15.1 Å². The standard InChI is InChI=1S/C12H18N4O2/c1-8(2)12(18)15-10-5-13-16(6-10)7-11(17)14-9-3-4-9/h5-6,8-9H,3-4,7H2,1-2H3,(H,14,17)(H,15,18). The van der Waals surface area contributed by atoms with Gasteiger partial charge in [-0.2, -0.15) is 5.10 Å². The molecule has 1 aromatic rings. The molecule has 0 saturated heterocycles. The molecule has 0 unspecified atom stereocenters. The molecule has 1 aliphatic rings. The van der Waals surface area contributed by atoms with E-state index >= 15 is 0 Å². The first-order valence-corrected chi connectivity index (χ1v) is 6.17. The third kappa shape index (κ3) is 3.58. The topological polar surface area (TPSA) is 76.0 Å².